The lowest BCUT2D eigenvalue weighted by Crippen LogP contribution is -2.48. The molecular formula is C18H18F3N3O2. The molecular weight excluding hydrogens is 347 g/mol. The first-order chi connectivity index (χ1) is 12.3. The maximum atomic E-state index is 12.7. The van der Waals surface area contributed by atoms with E-state index >= 15 is 0 Å². The molecule has 1 atom stereocenters. The van der Waals surface area contributed by atoms with Crippen molar-refractivity contribution in [3.63, 3.8) is 0 Å². The predicted octanol–water partition coefficient (Wildman–Crippen LogP) is 2.45. The third-order valence-corrected chi connectivity index (χ3v) is 4.40. The fourth-order valence-corrected chi connectivity index (χ4v) is 3.22. The molecule has 0 bridgehead atoms. The number of amides is 2. The third-order valence-electron chi connectivity index (χ3n) is 4.40. The smallest absolute Gasteiger partial charge is 0.345 e. The van der Waals surface area contributed by atoms with Crippen LogP contribution < -0.4 is 5.32 Å². The van der Waals surface area contributed by atoms with Crippen LogP contribution in [0, 0.1) is 0 Å². The predicted molar refractivity (Wildman–Crippen MR) is 89.2 cm³/mol. The van der Waals surface area contributed by atoms with Crippen molar-refractivity contribution < 1.29 is 22.8 Å². The molecule has 26 heavy (non-hydrogen) atoms. The first-order valence-corrected chi connectivity index (χ1v) is 8.32. The van der Waals surface area contributed by atoms with Gasteiger partial charge in [-0.15, -0.1) is 0 Å². The van der Waals surface area contributed by atoms with Gasteiger partial charge >= 0.3 is 6.18 Å². The van der Waals surface area contributed by atoms with Gasteiger partial charge in [0.25, 0.3) is 0 Å². The Morgan fingerprint density at radius 3 is 2.77 bits per heavy atom. The number of aromatic nitrogens is 1. The lowest BCUT2D eigenvalue weighted by Gasteiger charge is -2.24. The molecule has 0 radical (unpaired) electrons. The number of fused-ring (bicyclic) bond motifs is 1. The minimum atomic E-state index is -4.47. The molecule has 8 heteroatoms. The van der Waals surface area contributed by atoms with Gasteiger partial charge in [0.2, 0.25) is 11.8 Å². The summed E-state index contributed by atoms with van der Waals surface area (Å²) in [5.74, 6) is -1.04. The summed E-state index contributed by atoms with van der Waals surface area (Å²) in [6, 6.07) is 8.34. The van der Waals surface area contributed by atoms with E-state index < -0.39 is 24.7 Å². The van der Waals surface area contributed by atoms with E-state index in [4.69, 9.17) is 0 Å². The highest BCUT2D eigenvalue weighted by Gasteiger charge is 2.36. The molecule has 2 heterocycles. The summed E-state index contributed by atoms with van der Waals surface area (Å²) in [7, 11) is 0. The highest BCUT2D eigenvalue weighted by molar-refractivity contribution is 5.91. The summed E-state index contributed by atoms with van der Waals surface area (Å²) < 4.78 is 36.9. The number of alkyl halides is 3. The molecule has 2 amide bonds. The minimum absolute atomic E-state index is 0.0530. The van der Waals surface area contributed by atoms with E-state index in [9.17, 15) is 22.8 Å². The van der Waals surface area contributed by atoms with E-state index in [1.54, 1.807) is 18.3 Å². The van der Waals surface area contributed by atoms with Crippen LogP contribution in [0.4, 0.5) is 13.2 Å². The van der Waals surface area contributed by atoms with Gasteiger partial charge in [0.15, 0.2) is 0 Å². The van der Waals surface area contributed by atoms with Gasteiger partial charge in [-0.25, -0.2) is 0 Å². The van der Waals surface area contributed by atoms with Gasteiger partial charge in [0.05, 0.1) is 11.9 Å². The number of hydrogen-bond acceptors (Lipinski definition) is 3. The second-order valence-corrected chi connectivity index (χ2v) is 6.25. The quantitative estimate of drug-likeness (QED) is 0.905. The Hall–Kier alpha value is -2.64. The Bertz CT molecular complexity index is 817. The number of likely N-dealkylation sites (tertiary alicyclic amines) is 1. The molecule has 5 nitrogen and oxygen atoms in total. The van der Waals surface area contributed by atoms with Crippen molar-refractivity contribution in [2.75, 3.05) is 13.1 Å². The molecule has 1 aromatic heterocycles. The van der Waals surface area contributed by atoms with Crippen LogP contribution in [0.25, 0.3) is 10.9 Å². The lowest BCUT2D eigenvalue weighted by molar-refractivity contribution is -0.144. The van der Waals surface area contributed by atoms with Gasteiger partial charge in [-0.1, -0.05) is 24.3 Å². The number of carbonyl (C=O) groups is 2. The lowest BCUT2D eigenvalue weighted by atomic mass is 10.1. The summed E-state index contributed by atoms with van der Waals surface area (Å²) in [6.45, 7) is -1.03. The molecule has 1 N–H and O–H groups in total. The maximum absolute atomic E-state index is 12.7. The zero-order chi connectivity index (χ0) is 18.7. The van der Waals surface area contributed by atoms with Gasteiger partial charge < -0.3 is 10.2 Å². The van der Waals surface area contributed by atoms with E-state index in [0.29, 0.717) is 24.9 Å². The molecule has 1 aliphatic heterocycles. The fourth-order valence-electron chi connectivity index (χ4n) is 3.22. The number of rotatable bonds is 4. The van der Waals surface area contributed by atoms with Crippen LogP contribution in [0.2, 0.25) is 0 Å². The second kappa shape index (κ2) is 7.31. The van der Waals surface area contributed by atoms with Crippen molar-refractivity contribution in [2.24, 2.45) is 0 Å². The van der Waals surface area contributed by atoms with Crippen LogP contribution in [0.3, 0.4) is 0 Å². The average molecular weight is 365 g/mol. The summed E-state index contributed by atoms with van der Waals surface area (Å²) in [6.07, 6.45) is -1.83. The number of para-hydroxylation sites is 1. The van der Waals surface area contributed by atoms with Crippen LogP contribution in [-0.4, -0.2) is 47.0 Å². The molecule has 3 rings (SSSR count). The van der Waals surface area contributed by atoms with Gasteiger partial charge in [-0.05, 0) is 24.5 Å². The second-order valence-electron chi connectivity index (χ2n) is 6.25. The number of pyridine rings is 1. The SMILES string of the molecule is O=C(NCC(F)(F)F)C1CCCN1C(=O)Cc1cccc2cccnc12. The van der Waals surface area contributed by atoms with E-state index in [-0.39, 0.29) is 12.3 Å². The van der Waals surface area contributed by atoms with Crippen molar-refractivity contribution in [1.29, 1.82) is 0 Å². The first-order valence-electron chi connectivity index (χ1n) is 8.32. The van der Waals surface area contributed by atoms with Crippen LogP contribution in [0.15, 0.2) is 36.5 Å². The van der Waals surface area contributed by atoms with E-state index in [1.165, 1.54) is 4.90 Å². The molecule has 138 valence electrons. The first kappa shape index (κ1) is 18.2. The Balaban J connectivity index is 1.71. The highest BCUT2D eigenvalue weighted by atomic mass is 19.4. The molecule has 1 fully saturated rings. The topological polar surface area (TPSA) is 62.3 Å². The van der Waals surface area contributed by atoms with Crippen molar-refractivity contribution in [3.05, 3.63) is 42.1 Å². The van der Waals surface area contributed by atoms with Crippen molar-refractivity contribution in [3.8, 4) is 0 Å². The number of carbonyl (C=O) groups excluding carboxylic acids is 2. The van der Waals surface area contributed by atoms with Gasteiger partial charge in [-0.3, -0.25) is 14.6 Å². The largest absolute Gasteiger partial charge is 0.405 e. The normalized spacial score (nSPS) is 17.5. The highest BCUT2D eigenvalue weighted by Crippen LogP contribution is 2.22. The van der Waals surface area contributed by atoms with Crippen LogP contribution >= 0.6 is 0 Å². The summed E-state index contributed by atoms with van der Waals surface area (Å²) >= 11 is 0. The van der Waals surface area contributed by atoms with Crippen molar-refractivity contribution >= 4 is 22.7 Å². The molecule has 0 saturated carbocycles. The monoisotopic (exact) mass is 365 g/mol. The van der Waals surface area contributed by atoms with Crippen LogP contribution in [0.5, 0.6) is 0 Å². The molecule has 1 aliphatic rings. The Morgan fingerprint density at radius 1 is 1.23 bits per heavy atom. The van der Waals surface area contributed by atoms with Gasteiger partial charge in [0, 0.05) is 18.1 Å². The van der Waals surface area contributed by atoms with Crippen molar-refractivity contribution in [1.82, 2.24) is 15.2 Å². The standard InChI is InChI=1S/C18H18F3N3O2/c19-18(20,21)11-23-17(26)14-7-3-9-24(14)15(25)10-13-5-1-4-12-6-2-8-22-16(12)13/h1-2,4-6,8,14H,3,7,9-11H2,(H,23,26). The number of hydrogen-bond donors (Lipinski definition) is 1. The molecule has 0 spiro atoms. The Morgan fingerprint density at radius 2 is 2.00 bits per heavy atom. The molecule has 1 aromatic carbocycles. The van der Waals surface area contributed by atoms with Gasteiger partial charge in [-0.2, -0.15) is 13.2 Å². The number of nitrogens with one attached hydrogen (secondary N) is 1. The summed E-state index contributed by atoms with van der Waals surface area (Å²) in [5, 5.41) is 2.77. The summed E-state index contributed by atoms with van der Waals surface area (Å²) in [4.78, 5) is 30.4. The maximum Gasteiger partial charge on any atom is 0.405 e. The number of benzene rings is 1. The zero-order valence-corrected chi connectivity index (χ0v) is 13.9. The van der Waals surface area contributed by atoms with E-state index in [1.807, 2.05) is 23.5 Å². The molecule has 2 aromatic rings. The number of halogens is 3. The molecule has 1 unspecified atom stereocenters. The average Bonchev–Trinajstić information content (AvgIpc) is 3.09. The molecule has 1 saturated heterocycles. The Labute approximate surface area is 148 Å². The van der Waals surface area contributed by atoms with Gasteiger partial charge in [0.1, 0.15) is 12.6 Å². The van der Waals surface area contributed by atoms with E-state index in [0.717, 1.165) is 10.9 Å². The van der Waals surface area contributed by atoms with Crippen molar-refractivity contribution in [2.45, 2.75) is 31.5 Å². The minimum Gasteiger partial charge on any atom is -0.345 e. The van der Waals surface area contributed by atoms with Crippen LogP contribution in [-0.2, 0) is 16.0 Å². The zero-order valence-electron chi connectivity index (χ0n) is 13.9. The van der Waals surface area contributed by atoms with Crippen LogP contribution in [0.1, 0.15) is 18.4 Å². The Kier molecular flexibility index (Phi) is 5.11. The fraction of sp³-hybridized carbons (Fsp3) is 0.389. The molecule has 0 aliphatic carbocycles. The summed E-state index contributed by atoms with van der Waals surface area (Å²) in [5.41, 5.74) is 1.44. The third kappa shape index (κ3) is 4.12. The van der Waals surface area contributed by atoms with E-state index in [2.05, 4.69) is 4.98 Å². The number of nitrogens with zero attached hydrogens (tertiary/aromatic N) is 2.